The molecule has 4 heteroatoms. The zero-order valence-electron chi connectivity index (χ0n) is 12.6. The molecule has 0 spiro atoms. The van der Waals surface area contributed by atoms with E-state index < -0.39 is 0 Å². The third-order valence-corrected chi connectivity index (χ3v) is 3.75. The van der Waals surface area contributed by atoms with Crippen LogP contribution in [0.1, 0.15) is 11.1 Å². The molecule has 3 nitrogen and oxygen atoms in total. The van der Waals surface area contributed by atoms with E-state index in [2.05, 4.69) is 30.4 Å². The minimum Gasteiger partial charge on any atom is -0.497 e. The number of benzene rings is 2. The fraction of sp³-hybridized carbons (Fsp3) is 0.235. The van der Waals surface area contributed by atoms with Crippen LogP contribution in [0.5, 0.6) is 5.75 Å². The van der Waals surface area contributed by atoms with Crippen molar-refractivity contribution in [3.05, 3.63) is 59.7 Å². The van der Waals surface area contributed by atoms with Gasteiger partial charge in [0, 0.05) is 25.3 Å². The highest BCUT2D eigenvalue weighted by Crippen LogP contribution is 2.17. The summed E-state index contributed by atoms with van der Waals surface area (Å²) in [4.78, 5) is 2.02. The van der Waals surface area contributed by atoms with E-state index in [-0.39, 0.29) is 0 Å². The number of nitrogens with zero attached hydrogens (tertiary/aromatic N) is 1. The van der Waals surface area contributed by atoms with Gasteiger partial charge in [0.1, 0.15) is 5.75 Å². The van der Waals surface area contributed by atoms with Gasteiger partial charge in [-0.3, -0.25) is 0 Å². The minimum absolute atomic E-state index is 0.687. The lowest BCUT2D eigenvalue weighted by Gasteiger charge is -2.22. The van der Waals surface area contributed by atoms with Crippen molar-refractivity contribution in [3.63, 3.8) is 0 Å². The maximum Gasteiger partial charge on any atom is 0.173 e. The van der Waals surface area contributed by atoms with Crippen LogP contribution in [0.15, 0.2) is 48.5 Å². The van der Waals surface area contributed by atoms with Gasteiger partial charge in [-0.05, 0) is 42.4 Å². The third-order valence-electron chi connectivity index (χ3n) is 3.34. The van der Waals surface area contributed by atoms with Crippen LogP contribution in [0.25, 0.3) is 0 Å². The number of rotatable bonds is 4. The second-order valence-corrected chi connectivity index (χ2v) is 5.33. The first-order chi connectivity index (χ1) is 10.1. The second kappa shape index (κ2) is 7.09. The van der Waals surface area contributed by atoms with Crippen molar-refractivity contribution in [1.29, 1.82) is 0 Å². The van der Waals surface area contributed by atoms with E-state index in [0.717, 1.165) is 18.0 Å². The molecular formula is C17H20N2OS. The maximum atomic E-state index is 5.45. The van der Waals surface area contributed by atoms with Gasteiger partial charge in [0.25, 0.3) is 0 Å². The summed E-state index contributed by atoms with van der Waals surface area (Å²) in [5, 5.41) is 3.92. The Balaban J connectivity index is 2.01. The number of ether oxygens (including phenoxy) is 1. The molecule has 21 heavy (non-hydrogen) atoms. The lowest BCUT2D eigenvalue weighted by atomic mass is 10.1. The fourth-order valence-electron chi connectivity index (χ4n) is 2.03. The van der Waals surface area contributed by atoms with Crippen molar-refractivity contribution < 1.29 is 4.74 Å². The molecule has 0 radical (unpaired) electrons. The molecule has 2 aromatic carbocycles. The zero-order chi connectivity index (χ0) is 15.2. The number of aryl methyl sites for hydroxylation is 1. The van der Waals surface area contributed by atoms with Crippen molar-refractivity contribution in [2.24, 2.45) is 0 Å². The predicted octanol–water partition coefficient (Wildman–Crippen LogP) is 3.83. The zero-order valence-corrected chi connectivity index (χ0v) is 13.4. The summed E-state index contributed by atoms with van der Waals surface area (Å²) in [6, 6.07) is 16.1. The Morgan fingerprint density at radius 1 is 1.19 bits per heavy atom. The third kappa shape index (κ3) is 4.20. The first-order valence-electron chi connectivity index (χ1n) is 6.81. The van der Waals surface area contributed by atoms with E-state index in [4.69, 9.17) is 17.0 Å². The SMILES string of the molecule is COc1cccc(NC(=S)N(C)Cc2ccccc2C)c1. The van der Waals surface area contributed by atoms with Crippen molar-refractivity contribution in [2.45, 2.75) is 13.5 Å². The first kappa shape index (κ1) is 15.3. The van der Waals surface area contributed by atoms with Crippen molar-refractivity contribution in [3.8, 4) is 5.75 Å². The van der Waals surface area contributed by atoms with Crippen LogP contribution < -0.4 is 10.1 Å². The van der Waals surface area contributed by atoms with Gasteiger partial charge in [0.15, 0.2) is 5.11 Å². The number of thiocarbonyl (C=S) groups is 1. The van der Waals surface area contributed by atoms with Gasteiger partial charge < -0.3 is 15.0 Å². The van der Waals surface area contributed by atoms with Crippen molar-refractivity contribution >= 4 is 23.0 Å². The Hall–Kier alpha value is -2.07. The molecule has 0 aliphatic rings. The monoisotopic (exact) mass is 300 g/mol. The molecule has 0 aliphatic carbocycles. The molecule has 0 saturated heterocycles. The smallest absolute Gasteiger partial charge is 0.173 e. The van der Waals surface area contributed by atoms with Crippen LogP contribution in [0.4, 0.5) is 5.69 Å². The molecule has 0 aliphatic heterocycles. The average molecular weight is 300 g/mol. The number of hydrogen-bond donors (Lipinski definition) is 1. The second-order valence-electron chi connectivity index (χ2n) is 4.94. The molecule has 1 N–H and O–H groups in total. The van der Waals surface area contributed by atoms with E-state index in [1.54, 1.807) is 7.11 Å². The van der Waals surface area contributed by atoms with Gasteiger partial charge in [-0.15, -0.1) is 0 Å². The average Bonchev–Trinajstić information content (AvgIpc) is 2.49. The summed E-state index contributed by atoms with van der Waals surface area (Å²) in [6.45, 7) is 2.89. The predicted molar refractivity (Wildman–Crippen MR) is 91.9 cm³/mol. The largest absolute Gasteiger partial charge is 0.497 e. The van der Waals surface area contributed by atoms with Crippen LogP contribution in [0.2, 0.25) is 0 Å². The summed E-state index contributed by atoms with van der Waals surface area (Å²) in [7, 11) is 3.64. The van der Waals surface area contributed by atoms with Crippen LogP contribution >= 0.6 is 12.2 Å². The van der Waals surface area contributed by atoms with E-state index in [1.165, 1.54) is 11.1 Å². The molecule has 0 saturated carbocycles. The lowest BCUT2D eigenvalue weighted by molar-refractivity contribution is 0.415. The van der Waals surface area contributed by atoms with Gasteiger partial charge in [-0.25, -0.2) is 0 Å². The molecule has 2 aromatic rings. The van der Waals surface area contributed by atoms with Crippen LogP contribution in [-0.2, 0) is 6.54 Å². The lowest BCUT2D eigenvalue weighted by Crippen LogP contribution is -2.30. The molecule has 0 aromatic heterocycles. The van der Waals surface area contributed by atoms with E-state index in [0.29, 0.717) is 5.11 Å². The molecule has 0 bridgehead atoms. The maximum absolute atomic E-state index is 5.45. The topological polar surface area (TPSA) is 24.5 Å². The van der Waals surface area contributed by atoms with Gasteiger partial charge in [-0.1, -0.05) is 30.3 Å². The van der Waals surface area contributed by atoms with Gasteiger partial charge in [0.05, 0.1) is 7.11 Å². The molecule has 2 rings (SSSR count). The highest BCUT2D eigenvalue weighted by atomic mass is 32.1. The molecule has 0 fully saturated rings. The Labute approximate surface area is 131 Å². The number of methoxy groups -OCH3 is 1. The summed E-state index contributed by atoms with van der Waals surface area (Å²) >= 11 is 5.45. The molecular weight excluding hydrogens is 280 g/mol. The standard InChI is InChI=1S/C17H20N2OS/c1-13-7-4-5-8-14(13)12-19(2)17(21)18-15-9-6-10-16(11-15)20-3/h4-11H,12H2,1-3H3,(H,18,21). The summed E-state index contributed by atoms with van der Waals surface area (Å²) in [5.74, 6) is 0.810. The highest BCUT2D eigenvalue weighted by molar-refractivity contribution is 7.80. The Morgan fingerprint density at radius 3 is 2.67 bits per heavy atom. The Morgan fingerprint density at radius 2 is 1.95 bits per heavy atom. The number of hydrogen-bond acceptors (Lipinski definition) is 2. The van der Waals surface area contributed by atoms with Gasteiger partial charge in [0.2, 0.25) is 0 Å². The summed E-state index contributed by atoms with van der Waals surface area (Å²) < 4.78 is 5.21. The van der Waals surface area contributed by atoms with E-state index >= 15 is 0 Å². The van der Waals surface area contributed by atoms with Crippen LogP contribution in [0.3, 0.4) is 0 Å². The molecule has 0 amide bonds. The fourth-order valence-corrected chi connectivity index (χ4v) is 2.22. The molecule has 0 atom stereocenters. The van der Waals surface area contributed by atoms with E-state index in [9.17, 15) is 0 Å². The quantitative estimate of drug-likeness (QED) is 0.867. The van der Waals surface area contributed by atoms with Gasteiger partial charge >= 0.3 is 0 Å². The van der Waals surface area contributed by atoms with Crippen molar-refractivity contribution in [2.75, 3.05) is 19.5 Å². The first-order valence-corrected chi connectivity index (χ1v) is 7.21. The molecule has 0 heterocycles. The van der Waals surface area contributed by atoms with Gasteiger partial charge in [-0.2, -0.15) is 0 Å². The Kier molecular flexibility index (Phi) is 5.17. The van der Waals surface area contributed by atoms with Crippen LogP contribution in [0, 0.1) is 6.92 Å². The molecule has 110 valence electrons. The van der Waals surface area contributed by atoms with E-state index in [1.807, 2.05) is 42.3 Å². The Bertz CT molecular complexity index is 628. The normalized spacial score (nSPS) is 10.0. The van der Waals surface area contributed by atoms with Crippen molar-refractivity contribution in [1.82, 2.24) is 4.90 Å². The summed E-state index contributed by atoms with van der Waals surface area (Å²) in [5.41, 5.74) is 3.47. The summed E-state index contributed by atoms with van der Waals surface area (Å²) in [6.07, 6.45) is 0. The molecule has 0 unspecified atom stereocenters. The minimum atomic E-state index is 0.687. The highest BCUT2D eigenvalue weighted by Gasteiger charge is 2.07. The number of nitrogens with one attached hydrogen (secondary N) is 1. The van der Waals surface area contributed by atoms with Crippen LogP contribution in [-0.4, -0.2) is 24.2 Å². The number of anilines is 1.